The van der Waals surface area contributed by atoms with Gasteiger partial charge in [0.05, 0.1) is 23.4 Å². The third-order valence-corrected chi connectivity index (χ3v) is 5.17. The normalized spacial score (nSPS) is 25.3. The minimum atomic E-state index is -0.759. The van der Waals surface area contributed by atoms with Gasteiger partial charge in [-0.05, 0) is 45.4 Å². The molecule has 0 saturated heterocycles. The van der Waals surface area contributed by atoms with E-state index in [0.29, 0.717) is 24.3 Å². The van der Waals surface area contributed by atoms with Gasteiger partial charge >= 0.3 is 5.97 Å². The molecule has 1 aromatic heterocycles. The molecule has 2 N–H and O–H groups in total. The van der Waals surface area contributed by atoms with Gasteiger partial charge in [-0.2, -0.15) is 5.10 Å². The molecule has 3 atom stereocenters. The average molecular weight is 319 g/mol. The fourth-order valence-electron chi connectivity index (χ4n) is 3.43. The lowest BCUT2D eigenvalue weighted by Gasteiger charge is -2.16. The van der Waals surface area contributed by atoms with Crippen LogP contribution in [0.4, 0.5) is 0 Å². The molecule has 2 aliphatic rings. The average Bonchev–Trinajstić information content (AvgIpc) is 3.09. The molecular formula is C17H25N3O3. The molecule has 1 amide bonds. The van der Waals surface area contributed by atoms with Crippen LogP contribution in [-0.4, -0.2) is 32.8 Å². The SMILES string of the molecule is CCC(C)n1ncc(C(=O)N[C@@H]2CC[C@H](C(=O)O)C2)c1C1CC1. The number of nitrogens with one attached hydrogen (secondary N) is 1. The monoisotopic (exact) mass is 319 g/mol. The largest absolute Gasteiger partial charge is 0.481 e. The highest BCUT2D eigenvalue weighted by atomic mass is 16.4. The van der Waals surface area contributed by atoms with Crippen LogP contribution in [0.25, 0.3) is 0 Å². The summed E-state index contributed by atoms with van der Waals surface area (Å²) in [6, 6.07) is 0.248. The van der Waals surface area contributed by atoms with Crippen molar-refractivity contribution in [2.75, 3.05) is 0 Å². The molecule has 6 nitrogen and oxygen atoms in total. The molecule has 2 saturated carbocycles. The second kappa shape index (κ2) is 6.34. The lowest BCUT2D eigenvalue weighted by Crippen LogP contribution is -2.33. The molecule has 0 bridgehead atoms. The third kappa shape index (κ3) is 3.26. The van der Waals surface area contributed by atoms with Crippen LogP contribution in [0, 0.1) is 5.92 Å². The topological polar surface area (TPSA) is 84.2 Å². The lowest BCUT2D eigenvalue weighted by atomic mass is 10.1. The van der Waals surface area contributed by atoms with Crippen LogP contribution in [0.2, 0.25) is 0 Å². The van der Waals surface area contributed by atoms with Crippen molar-refractivity contribution in [1.82, 2.24) is 15.1 Å². The van der Waals surface area contributed by atoms with Crippen molar-refractivity contribution in [2.45, 2.75) is 70.4 Å². The van der Waals surface area contributed by atoms with E-state index >= 15 is 0 Å². The fourth-order valence-corrected chi connectivity index (χ4v) is 3.43. The molecule has 2 aliphatic carbocycles. The first-order chi connectivity index (χ1) is 11.0. The van der Waals surface area contributed by atoms with E-state index < -0.39 is 5.97 Å². The Morgan fingerprint density at radius 2 is 2.13 bits per heavy atom. The molecule has 0 radical (unpaired) electrons. The summed E-state index contributed by atoms with van der Waals surface area (Å²) in [7, 11) is 0. The van der Waals surface area contributed by atoms with Crippen molar-refractivity contribution in [1.29, 1.82) is 0 Å². The van der Waals surface area contributed by atoms with Crippen LogP contribution in [0.15, 0.2) is 6.20 Å². The predicted octanol–water partition coefficient (Wildman–Crippen LogP) is 2.71. The molecule has 23 heavy (non-hydrogen) atoms. The van der Waals surface area contributed by atoms with Gasteiger partial charge in [0.1, 0.15) is 0 Å². The van der Waals surface area contributed by atoms with Gasteiger partial charge in [-0.25, -0.2) is 0 Å². The minimum absolute atomic E-state index is 0.0393. The predicted molar refractivity (Wildman–Crippen MR) is 85.4 cm³/mol. The van der Waals surface area contributed by atoms with Crippen LogP contribution >= 0.6 is 0 Å². The van der Waals surface area contributed by atoms with Crippen LogP contribution < -0.4 is 5.32 Å². The Bertz CT molecular complexity index is 606. The van der Waals surface area contributed by atoms with E-state index in [1.165, 1.54) is 0 Å². The summed E-state index contributed by atoms with van der Waals surface area (Å²) in [5.74, 6) is -0.740. The Balaban J connectivity index is 1.73. The highest BCUT2D eigenvalue weighted by Gasteiger charge is 2.35. The molecule has 6 heteroatoms. The van der Waals surface area contributed by atoms with E-state index in [1.807, 2.05) is 4.68 Å². The van der Waals surface area contributed by atoms with E-state index in [4.69, 9.17) is 5.11 Å². The van der Waals surface area contributed by atoms with E-state index in [1.54, 1.807) is 6.20 Å². The van der Waals surface area contributed by atoms with Gasteiger partial charge < -0.3 is 10.4 Å². The standard InChI is InChI=1S/C17H25N3O3/c1-3-10(2)20-15(11-4-5-11)14(9-18-20)16(21)19-13-7-6-12(8-13)17(22)23/h9-13H,3-8H2,1-2H3,(H,19,21)(H,22,23)/t10?,12-,13+/m0/s1. The number of carboxylic acids is 1. The summed E-state index contributed by atoms with van der Waals surface area (Å²) in [4.78, 5) is 23.7. The number of hydrogen-bond acceptors (Lipinski definition) is 3. The van der Waals surface area contributed by atoms with Gasteiger partial charge in [0.2, 0.25) is 0 Å². The first-order valence-corrected chi connectivity index (χ1v) is 8.62. The molecule has 126 valence electrons. The smallest absolute Gasteiger partial charge is 0.306 e. The van der Waals surface area contributed by atoms with Crippen LogP contribution in [-0.2, 0) is 4.79 Å². The molecule has 2 fully saturated rings. The zero-order valence-electron chi connectivity index (χ0n) is 13.8. The molecule has 3 rings (SSSR count). The summed E-state index contributed by atoms with van der Waals surface area (Å²) >= 11 is 0. The quantitative estimate of drug-likeness (QED) is 0.844. The molecular weight excluding hydrogens is 294 g/mol. The van der Waals surface area contributed by atoms with Crippen molar-refractivity contribution in [3.05, 3.63) is 17.5 Å². The number of aromatic nitrogens is 2. The van der Waals surface area contributed by atoms with Gasteiger partial charge in [0.15, 0.2) is 0 Å². The number of hydrogen-bond donors (Lipinski definition) is 2. The van der Waals surface area contributed by atoms with Crippen molar-refractivity contribution in [2.24, 2.45) is 5.92 Å². The summed E-state index contributed by atoms with van der Waals surface area (Å²) < 4.78 is 2.00. The third-order valence-electron chi connectivity index (χ3n) is 5.17. The molecule has 0 aliphatic heterocycles. The van der Waals surface area contributed by atoms with Crippen molar-refractivity contribution in [3.8, 4) is 0 Å². The number of aliphatic carboxylic acids is 1. The van der Waals surface area contributed by atoms with Crippen LogP contribution in [0.3, 0.4) is 0 Å². The number of rotatable bonds is 6. The summed E-state index contributed by atoms with van der Waals surface area (Å²) in [6.45, 7) is 4.24. The maximum absolute atomic E-state index is 12.6. The second-order valence-electron chi connectivity index (χ2n) is 6.94. The molecule has 1 unspecified atom stereocenters. The number of carbonyl (C=O) groups is 2. The van der Waals surface area contributed by atoms with E-state index in [-0.39, 0.29) is 23.9 Å². The lowest BCUT2D eigenvalue weighted by molar-refractivity contribution is -0.141. The molecule has 0 aromatic carbocycles. The van der Waals surface area contributed by atoms with E-state index in [0.717, 1.165) is 31.4 Å². The van der Waals surface area contributed by atoms with Gasteiger partial charge in [0.25, 0.3) is 5.91 Å². The Morgan fingerprint density at radius 1 is 1.39 bits per heavy atom. The molecule has 0 spiro atoms. The van der Waals surface area contributed by atoms with Crippen molar-refractivity contribution in [3.63, 3.8) is 0 Å². The van der Waals surface area contributed by atoms with Crippen LogP contribution in [0.1, 0.15) is 80.4 Å². The first-order valence-electron chi connectivity index (χ1n) is 8.62. The number of carbonyl (C=O) groups excluding carboxylic acids is 1. The Labute approximate surface area is 136 Å². The van der Waals surface area contributed by atoms with Gasteiger partial charge in [-0.3, -0.25) is 14.3 Å². The Morgan fingerprint density at radius 3 is 2.70 bits per heavy atom. The van der Waals surface area contributed by atoms with Gasteiger partial charge in [0, 0.05) is 18.0 Å². The number of amides is 1. The zero-order valence-corrected chi connectivity index (χ0v) is 13.8. The summed E-state index contributed by atoms with van der Waals surface area (Å²) in [5, 5.41) is 16.5. The van der Waals surface area contributed by atoms with E-state index in [2.05, 4.69) is 24.3 Å². The number of carboxylic acid groups (broad SMARTS) is 1. The zero-order chi connectivity index (χ0) is 16.6. The Kier molecular flexibility index (Phi) is 4.41. The van der Waals surface area contributed by atoms with Gasteiger partial charge in [-0.1, -0.05) is 6.92 Å². The fraction of sp³-hybridized carbons (Fsp3) is 0.706. The minimum Gasteiger partial charge on any atom is -0.481 e. The van der Waals surface area contributed by atoms with Gasteiger partial charge in [-0.15, -0.1) is 0 Å². The maximum Gasteiger partial charge on any atom is 0.306 e. The van der Waals surface area contributed by atoms with E-state index in [9.17, 15) is 9.59 Å². The second-order valence-corrected chi connectivity index (χ2v) is 6.94. The number of nitrogens with zero attached hydrogens (tertiary/aromatic N) is 2. The molecule has 1 aromatic rings. The van der Waals surface area contributed by atoms with Crippen molar-refractivity contribution >= 4 is 11.9 Å². The molecule has 1 heterocycles. The van der Waals surface area contributed by atoms with Crippen LogP contribution in [0.5, 0.6) is 0 Å². The highest BCUT2D eigenvalue weighted by molar-refractivity contribution is 5.95. The Hall–Kier alpha value is -1.85. The first kappa shape index (κ1) is 16.0. The maximum atomic E-state index is 12.6. The summed E-state index contributed by atoms with van der Waals surface area (Å²) in [6.07, 6.45) is 6.80. The summed E-state index contributed by atoms with van der Waals surface area (Å²) in [5.41, 5.74) is 1.73. The van der Waals surface area contributed by atoms with Crippen molar-refractivity contribution < 1.29 is 14.7 Å². The highest BCUT2D eigenvalue weighted by Crippen LogP contribution is 2.42.